The minimum Gasteiger partial charge on any atom is -0.508 e. The number of hydrogen-bond acceptors (Lipinski definition) is 6. The van der Waals surface area contributed by atoms with Gasteiger partial charge in [-0.25, -0.2) is 14.8 Å². The third-order valence-corrected chi connectivity index (χ3v) is 6.45. The van der Waals surface area contributed by atoms with Gasteiger partial charge in [0.05, 0.1) is 13.2 Å². The quantitative estimate of drug-likeness (QED) is 0.401. The molecule has 2 fully saturated rings. The number of fused-ring (bicyclic) bond motifs is 1. The summed E-state index contributed by atoms with van der Waals surface area (Å²) in [5.74, 6) is 1.85. The number of hydrazine groups is 1. The van der Waals surface area contributed by atoms with E-state index >= 15 is 0 Å². The topological polar surface area (TPSA) is 106 Å². The Morgan fingerprint density at radius 3 is 2.50 bits per heavy atom. The summed E-state index contributed by atoms with van der Waals surface area (Å²) in [6.45, 7) is 0.576. The lowest BCUT2D eigenvalue weighted by Crippen LogP contribution is -2.76. The molecule has 10 nitrogen and oxygen atoms in total. The summed E-state index contributed by atoms with van der Waals surface area (Å²) >= 11 is 0. The molecule has 0 spiro atoms. The van der Waals surface area contributed by atoms with E-state index in [1.165, 1.54) is 27.1 Å². The van der Waals surface area contributed by atoms with Gasteiger partial charge < -0.3 is 25.0 Å². The first-order chi connectivity index (χ1) is 18.4. The zero-order chi connectivity index (χ0) is 27.1. The number of aromatic hydroxyl groups is 1. The van der Waals surface area contributed by atoms with E-state index in [1.807, 2.05) is 30.3 Å². The van der Waals surface area contributed by atoms with Crippen LogP contribution in [0.3, 0.4) is 0 Å². The van der Waals surface area contributed by atoms with Gasteiger partial charge in [-0.05, 0) is 23.3 Å². The van der Waals surface area contributed by atoms with Gasteiger partial charge in [-0.2, -0.15) is 0 Å². The maximum atomic E-state index is 13.6. The summed E-state index contributed by atoms with van der Waals surface area (Å²) in [5, 5.41) is 15.1. The van der Waals surface area contributed by atoms with Gasteiger partial charge in [0.1, 0.15) is 31.1 Å². The van der Waals surface area contributed by atoms with Gasteiger partial charge in [-0.1, -0.05) is 54.8 Å². The Morgan fingerprint density at radius 2 is 1.82 bits per heavy atom. The predicted octanol–water partition coefficient (Wildman–Crippen LogP) is 0.983. The van der Waals surface area contributed by atoms with E-state index in [2.05, 4.69) is 17.3 Å². The van der Waals surface area contributed by atoms with E-state index in [-0.39, 0.29) is 63.4 Å². The lowest BCUT2D eigenvalue weighted by Gasteiger charge is -2.54. The highest BCUT2D eigenvalue weighted by Gasteiger charge is 2.51. The number of ether oxygens (including phenoxy) is 1. The Bertz CT molecular complexity index is 1240. The monoisotopic (exact) mass is 515 g/mol. The zero-order valence-electron chi connectivity index (χ0n) is 20.8. The molecule has 196 valence electrons. The molecule has 0 unspecified atom stereocenters. The number of carbonyl (C=O) groups excluding carboxylic acids is 3. The summed E-state index contributed by atoms with van der Waals surface area (Å²) in [7, 11) is 0. The molecule has 2 aliphatic heterocycles. The van der Waals surface area contributed by atoms with Crippen LogP contribution in [0, 0.1) is 24.8 Å². The van der Waals surface area contributed by atoms with Crippen molar-refractivity contribution in [1.29, 1.82) is 0 Å². The molecule has 0 aliphatic carbocycles. The minimum atomic E-state index is -0.886. The lowest BCUT2D eigenvalue weighted by atomic mass is 9.98. The maximum Gasteiger partial charge on any atom is 0.339 e. The number of nitrogens with one attached hydrogen (secondary N) is 1. The Hall–Kier alpha value is -4.67. The molecule has 2 aliphatic rings. The van der Waals surface area contributed by atoms with Crippen LogP contribution in [-0.2, 0) is 27.3 Å². The average molecular weight is 516 g/mol. The molecule has 4 amide bonds. The summed E-state index contributed by atoms with van der Waals surface area (Å²) in [6, 6.07) is 16.9. The molecule has 10 heteroatoms. The second kappa shape index (κ2) is 12.0. The molecule has 38 heavy (non-hydrogen) atoms. The first kappa shape index (κ1) is 26.4. The van der Waals surface area contributed by atoms with Gasteiger partial charge in [-0.3, -0.25) is 9.59 Å². The van der Waals surface area contributed by atoms with Crippen molar-refractivity contribution in [2.75, 3.05) is 32.8 Å². The maximum absolute atomic E-state index is 13.6. The summed E-state index contributed by atoms with van der Waals surface area (Å²) < 4.78 is 5.39. The highest BCUT2D eigenvalue weighted by molar-refractivity contribution is 5.91. The smallest absolute Gasteiger partial charge is 0.339 e. The molecular formula is C28H29N5O5. The van der Waals surface area contributed by atoms with Crippen LogP contribution < -0.4 is 5.32 Å². The van der Waals surface area contributed by atoms with Crippen molar-refractivity contribution < 1.29 is 24.2 Å². The molecule has 2 N–H and O–H groups in total. The Kier molecular flexibility index (Phi) is 8.37. The van der Waals surface area contributed by atoms with Crippen LogP contribution in [0.1, 0.15) is 11.1 Å². The van der Waals surface area contributed by atoms with Gasteiger partial charge in [-0.15, -0.1) is 6.42 Å². The first-order valence-electron chi connectivity index (χ1n) is 12.2. The van der Waals surface area contributed by atoms with Crippen LogP contribution in [0.4, 0.5) is 4.79 Å². The third-order valence-electron chi connectivity index (χ3n) is 6.45. The molecule has 2 atom stereocenters. The fraction of sp³-hybridized carbons (Fsp3) is 0.321. The zero-order valence-corrected chi connectivity index (χ0v) is 20.8. The molecule has 0 radical (unpaired) electrons. The van der Waals surface area contributed by atoms with E-state index in [0.29, 0.717) is 0 Å². The van der Waals surface area contributed by atoms with Gasteiger partial charge >= 0.3 is 6.03 Å². The average Bonchev–Trinajstić information content (AvgIpc) is 2.93. The third kappa shape index (κ3) is 5.83. The number of phenolic OH excluding ortho intramolecular Hbond substituents is 1. The normalized spacial score (nSPS) is 19.0. The van der Waals surface area contributed by atoms with Crippen LogP contribution in [-0.4, -0.2) is 87.8 Å². The van der Waals surface area contributed by atoms with E-state index in [4.69, 9.17) is 17.6 Å². The second-order valence-electron chi connectivity index (χ2n) is 8.88. The molecule has 2 heterocycles. The summed E-state index contributed by atoms with van der Waals surface area (Å²) in [6.07, 6.45) is 10.3. The van der Waals surface area contributed by atoms with Crippen LogP contribution >= 0.6 is 0 Å². The Labute approximate surface area is 221 Å². The largest absolute Gasteiger partial charge is 0.508 e. The Balaban J connectivity index is 1.63. The van der Waals surface area contributed by atoms with Gasteiger partial charge in [0, 0.05) is 25.6 Å². The van der Waals surface area contributed by atoms with E-state index < -0.39 is 18.2 Å². The number of hydrogen-bond donors (Lipinski definition) is 2. The lowest BCUT2D eigenvalue weighted by molar-refractivity contribution is -0.183. The number of benzene rings is 2. The van der Waals surface area contributed by atoms with Crippen molar-refractivity contribution in [2.45, 2.75) is 25.2 Å². The van der Waals surface area contributed by atoms with Crippen LogP contribution in [0.5, 0.6) is 5.75 Å². The number of amides is 4. The minimum absolute atomic E-state index is 0.0486. The molecule has 0 aromatic heterocycles. The predicted molar refractivity (Wildman–Crippen MR) is 139 cm³/mol. The number of urea groups is 1. The number of rotatable bonds is 8. The molecule has 4 rings (SSSR count). The van der Waals surface area contributed by atoms with Crippen molar-refractivity contribution in [1.82, 2.24) is 25.1 Å². The van der Waals surface area contributed by atoms with Crippen LogP contribution in [0.2, 0.25) is 0 Å². The second-order valence-corrected chi connectivity index (χ2v) is 8.88. The molecule has 2 aromatic rings. The van der Waals surface area contributed by atoms with E-state index in [9.17, 15) is 19.5 Å². The van der Waals surface area contributed by atoms with Crippen molar-refractivity contribution in [3.63, 3.8) is 0 Å². The first-order valence-corrected chi connectivity index (χ1v) is 12.2. The van der Waals surface area contributed by atoms with Crippen molar-refractivity contribution in [3.05, 3.63) is 65.7 Å². The van der Waals surface area contributed by atoms with Gasteiger partial charge in [0.15, 0.2) is 0 Å². The van der Waals surface area contributed by atoms with E-state index in [0.717, 1.165) is 11.1 Å². The molecular weight excluding hydrogens is 486 g/mol. The van der Waals surface area contributed by atoms with Crippen LogP contribution in [0.15, 0.2) is 54.6 Å². The molecule has 0 bridgehead atoms. The highest BCUT2D eigenvalue weighted by atomic mass is 16.5. The number of terminal acetylenes is 2. The SMILES string of the molecule is C#CCOCCN1C[C@H]2N(C(=O)CN(C#C)N2C(=O)NCc2ccccc2)[C@@H](Cc2ccc(O)cc2)C1=O. The fourth-order valence-electron chi connectivity index (χ4n) is 4.65. The summed E-state index contributed by atoms with van der Waals surface area (Å²) in [4.78, 5) is 43.4. The number of nitrogens with zero attached hydrogens (tertiary/aromatic N) is 4. The molecule has 2 aromatic carbocycles. The molecule has 0 saturated carbocycles. The Morgan fingerprint density at radius 1 is 1.08 bits per heavy atom. The summed E-state index contributed by atoms with van der Waals surface area (Å²) in [5.41, 5.74) is 1.65. The van der Waals surface area contributed by atoms with Crippen LogP contribution in [0.25, 0.3) is 0 Å². The highest BCUT2D eigenvalue weighted by Crippen LogP contribution is 2.28. The fourth-order valence-corrected chi connectivity index (χ4v) is 4.65. The van der Waals surface area contributed by atoms with Gasteiger partial charge in [0.25, 0.3) is 0 Å². The number of piperazine rings is 1. The standard InChI is InChI=1S/C28H29N5O5/c1-3-15-38-16-14-30-19-25-32(24(27(30)36)17-21-10-12-23(34)13-11-21)26(35)20-31(4-2)33(25)28(37)29-18-22-8-6-5-7-9-22/h1-2,5-13,24-25,34H,14-20H2,(H,29,37)/t24-,25-/m0/s1. The van der Waals surface area contributed by atoms with Crippen molar-refractivity contribution in [3.8, 4) is 30.6 Å². The number of phenols is 1. The van der Waals surface area contributed by atoms with Crippen molar-refractivity contribution in [2.24, 2.45) is 0 Å². The van der Waals surface area contributed by atoms with E-state index in [1.54, 1.807) is 17.0 Å². The molecule has 2 saturated heterocycles. The van der Waals surface area contributed by atoms with Gasteiger partial charge in [0.2, 0.25) is 11.8 Å². The van der Waals surface area contributed by atoms with Crippen molar-refractivity contribution >= 4 is 17.8 Å². The number of carbonyl (C=O) groups is 3.